The van der Waals surface area contributed by atoms with E-state index in [1.54, 1.807) is 11.3 Å². The summed E-state index contributed by atoms with van der Waals surface area (Å²) in [4.78, 5) is 5.85. The Kier molecular flexibility index (Phi) is 2.56. The van der Waals surface area contributed by atoms with Crippen LogP contribution in [0.3, 0.4) is 0 Å². The summed E-state index contributed by atoms with van der Waals surface area (Å²) in [5.74, 6) is 0. The van der Waals surface area contributed by atoms with Gasteiger partial charge in [0.1, 0.15) is 0 Å². The molecule has 1 unspecified atom stereocenters. The zero-order valence-corrected chi connectivity index (χ0v) is 10.9. The van der Waals surface area contributed by atoms with E-state index in [0.717, 1.165) is 35.7 Å². The second-order valence-corrected chi connectivity index (χ2v) is 5.82. The first-order valence-corrected chi connectivity index (χ1v) is 6.81. The van der Waals surface area contributed by atoms with E-state index in [1.807, 2.05) is 19.2 Å². The van der Waals surface area contributed by atoms with Gasteiger partial charge in [-0.15, -0.1) is 11.3 Å². The zero-order valence-electron chi connectivity index (χ0n) is 10.1. The Morgan fingerprint density at radius 2 is 2.29 bits per heavy atom. The minimum Gasteiger partial charge on any atom is -0.388 e. The summed E-state index contributed by atoms with van der Waals surface area (Å²) in [6.45, 7) is 4.14. The minimum atomic E-state index is -0.290. The van der Waals surface area contributed by atoms with Crippen molar-refractivity contribution in [3.63, 3.8) is 0 Å². The Balaban J connectivity index is 2.10. The Labute approximate surface area is 105 Å². The van der Waals surface area contributed by atoms with Crippen LogP contribution < -0.4 is 0 Å². The van der Waals surface area contributed by atoms with Crippen LogP contribution in [0.25, 0.3) is 5.13 Å². The van der Waals surface area contributed by atoms with Gasteiger partial charge in [0, 0.05) is 22.3 Å². The van der Waals surface area contributed by atoms with Gasteiger partial charge in [-0.25, -0.2) is 4.98 Å². The van der Waals surface area contributed by atoms with E-state index in [2.05, 4.69) is 16.5 Å². The van der Waals surface area contributed by atoms with E-state index in [1.165, 1.54) is 10.6 Å². The largest absolute Gasteiger partial charge is 0.388 e. The molecule has 0 saturated heterocycles. The van der Waals surface area contributed by atoms with Crippen LogP contribution in [-0.4, -0.2) is 14.7 Å². The lowest BCUT2D eigenvalue weighted by Gasteiger charge is -2.19. The highest BCUT2D eigenvalue weighted by Crippen LogP contribution is 2.33. The maximum atomic E-state index is 9.95. The van der Waals surface area contributed by atoms with Gasteiger partial charge in [-0.1, -0.05) is 0 Å². The first-order valence-electron chi connectivity index (χ1n) is 5.99. The molecular weight excluding hydrogens is 232 g/mol. The van der Waals surface area contributed by atoms with Gasteiger partial charge < -0.3 is 5.11 Å². The summed E-state index contributed by atoms with van der Waals surface area (Å²) < 4.78 is 2.14. The number of rotatable bonds is 1. The van der Waals surface area contributed by atoms with E-state index in [4.69, 9.17) is 0 Å². The first kappa shape index (κ1) is 11.0. The Morgan fingerprint density at radius 3 is 3.00 bits per heavy atom. The zero-order chi connectivity index (χ0) is 12.0. The van der Waals surface area contributed by atoms with Crippen LogP contribution in [0.15, 0.2) is 12.3 Å². The topological polar surface area (TPSA) is 38.0 Å². The third kappa shape index (κ3) is 1.72. The molecule has 3 rings (SSSR count). The third-order valence-corrected chi connectivity index (χ3v) is 4.57. The third-order valence-electron chi connectivity index (χ3n) is 3.50. The summed E-state index contributed by atoms with van der Waals surface area (Å²) >= 11 is 1.72. The van der Waals surface area contributed by atoms with Crippen LogP contribution in [0, 0.1) is 13.8 Å². The van der Waals surface area contributed by atoms with Crippen molar-refractivity contribution in [2.24, 2.45) is 0 Å². The monoisotopic (exact) mass is 248 g/mol. The van der Waals surface area contributed by atoms with Gasteiger partial charge in [0.2, 0.25) is 0 Å². The minimum absolute atomic E-state index is 0.290. The van der Waals surface area contributed by atoms with Gasteiger partial charge >= 0.3 is 0 Å². The van der Waals surface area contributed by atoms with Crippen LogP contribution in [0.1, 0.15) is 40.8 Å². The van der Waals surface area contributed by atoms with Crippen molar-refractivity contribution in [2.75, 3.05) is 0 Å². The number of thiazole rings is 1. The van der Waals surface area contributed by atoms with E-state index in [9.17, 15) is 5.11 Å². The van der Waals surface area contributed by atoms with Crippen molar-refractivity contribution < 1.29 is 5.11 Å². The molecule has 0 radical (unpaired) electrons. The van der Waals surface area contributed by atoms with Gasteiger partial charge in [0.05, 0.1) is 11.8 Å². The van der Waals surface area contributed by atoms with Crippen LogP contribution >= 0.6 is 11.3 Å². The van der Waals surface area contributed by atoms with Crippen molar-refractivity contribution >= 4 is 11.3 Å². The smallest absolute Gasteiger partial charge is 0.194 e. The molecule has 1 N–H and O–H groups in total. The Morgan fingerprint density at radius 1 is 1.47 bits per heavy atom. The summed E-state index contributed by atoms with van der Waals surface area (Å²) in [5.41, 5.74) is 3.42. The van der Waals surface area contributed by atoms with Crippen LogP contribution in [0.4, 0.5) is 0 Å². The Bertz CT molecular complexity index is 536. The molecule has 0 aromatic carbocycles. The second-order valence-electron chi connectivity index (χ2n) is 4.63. The second kappa shape index (κ2) is 3.96. The summed E-state index contributed by atoms with van der Waals surface area (Å²) in [5, 5.41) is 11.0. The van der Waals surface area contributed by atoms with Gasteiger partial charge in [-0.05, 0) is 39.2 Å². The van der Waals surface area contributed by atoms with Gasteiger partial charge in [-0.2, -0.15) is 0 Å². The highest BCUT2D eigenvalue weighted by atomic mass is 32.1. The molecule has 1 atom stereocenters. The fourth-order valence-corrected chi connectivity index (χ4v) is 3.32. The first-order chi connectivity index (χ1) is 8.16. The fraction of sp³-hybridized carbons (Fsp3) is 0.462. The molecular formula is C13H16N2OS. The molecule has 2 aromatic rings. The predicted octanol–water partition coefficient (Wildman–Crippen LogP) is 2.92. The Hall–Kier alpha value is -1.13. The number of aliphatic hydroxyl groups excluding tert-OH is 1. The van der Waals surface area contributed by atoms with Crippen molar-refractivity contribution in [3.05, 3.63) is 34.1 Å². The highest BCUT2D eigenvalue weighted by molar-refractivity contribution is 7.14. The number of hydrogen-bond acceptors (Lipinski definition) is 3. The molecule has 1 aliphatic carbocycles. The molecule has 2 aromatic heterocycles. The van der Waals surface area contributed by atoms with E-state index in [0.29, 0.717) is 0 Å². The maximum absolute atomic E-state index is 9.95. The number of aryl methyl sites for hydroxylation is 2. The predicted molar refractivity (Wildman–Crippen MR) is 68.8 cm³/mol. The molecule has 0 aliphatic heterocycles. The SMILES string of the molecule is Cc1nc(-n2ccc3c2CCCC3O)sc1C. The lowest BCUT2D eigenvalue weighted by Crippen LogP contribution is -2.10. The molecule has 17 heavy (non-hydrogen) atoms. The number of aliphatic hydroxyl groups is 1. The number of fused-ring (bicyclic) bond motifs is 1. The molecule has 0 saturated carbocycles. The molecule has 1 aliphatic rings. The number of hydrogen-bond donors (Lipinski definition) is 1. The summed E-state index contributed by atoms with van der Waals surface area (Å²) in [6, 6.07) is 2.03. The molecule has 0 amide bonds. The molecule has 0 fully saturated rings. The summed E-state index contributed by atoms with van der Waals surface area (Å²) in [7, 11) is 0. The molecule has 0 spiro atoms. The average molecular weight is 248 g/mol. The fourth-order valence-electron chi connectivity index (χ4n) is 2.40. The van der Waals surface area contributed by atoms with Crippen LogP contribution in [0.5, 0.6) is 0 Å². The maximum Gasteiger partial charge on any atom is 0.194 e. The normalized spacial score (nSPS) is 19.4. The lowest BCUT2D eigenvalue weighted by molar-refractivity contribution is 0.156. The van der Waals surface area contributed by atoms with E-state index >= 15 is 0 Å². The quantitative estimate of drug-likeness (QED) is 0.842. The van der Waals surface area contributed by atoms with Crippen molar-refractivity contribution in [2.45, 2.75) is 39.2 Å². The molecule has 3 nitrogen and oxygen atoms in total. The van der Waals surface area contributed by atoms with Gasteiger partial charge in [0.25, 0.3) is 0 Å². The van der Waals surface area contributed by atoms with E-state index < -0.39 is 0 Å². The van der Waals surface area contributed by atoms with E-state index in [-0.39, 0.29) is 6.10 Å². The van der Waals surface area contributed by atoms with Crippen LogP contribution in [0.2, 0.25) is 0 Å². The molecule has 4 heteroatoms. The van der Waals surface area contributed by atoms with Crippen molar-refractivity contribution in [1.82, 2.24) is 9.55 Å². The molecule has 0 bridgehead atoms. The standard InChI is InChI=1S/C13H16N2OS/c1-8-9(2)17-13(14-8)15-7-6-10-11(15)4-3-5-12(10)16/h6-7,12,16H,3-5H2,1-2H3. The number of nitrogens with zero attached hydrogens (tertiary/aromatic N) is 2. The van der Waals surface area contributed by atoms with Crippen LogP contribution in [-0.2, 0) is 6.42 Å². The summed E-state index contributed by atoms with van der Waals surface area (Å²) in [6.07, 6.45) is 4.73. The van der Waals surface area contributed by atoms with Crippen molar-refractivity contribution in [3.8, 4) is 5.13 Å². The molecule has 2 heterocycles. The molecule has 90 valence electrons. The van der Waals surface area contributed by atoms with Crippen molar-refractivity contribution in [1.29, 1.82) is 0 Å². The lowest BCUT2D eigenvalue weighted by atomic mass is 9.95. The number of aromatic nitrogens is 2. The van der Waals surface area contributed by atoms with Gasteiger partial charge in [-0.3, -0.25) is 4.57 Å². The highest BCUT2D eigenvalue weighted by Gasteiger charge is 2.22. The van der Waals surface area contributed by atoms with Gasteiger partial charge in [0.15, 0.2) is 5.13 Å². The average Bonchev–Trinajstić information content (AvgIpc) is 2.85.